The average molecular weight is 434 g/mol. The maximum absolute atomic E-state index is 9.11. The molecular weight excluding hydrogens is 410 g/mol. The van der Waals surface area contributed by atoms with Crippen molar-refractivity contribution in [3.8, 4) is 34.4 Å². The van der Waals surface area contributed by atoms with E-state index in [0.717, 1.165) is 48.0 Å². The smallest absolute Gasteiger partial charge is 0.185 e. The molecule has 0 aliphatic carbocycles. The van der Waals surface area contributed by atoms with E-state index in [9.17, 15) is 0 Å². The van der Waals surface area contributed by atoms with Crippen molar-refractivity contribution in [2.75, 3.05) is 18.0 Å². The van der Waals surface area contributed by atoms with E-state index in [-0.39, 0.29) is 0 Å². The summed E-state index contributed by atoms with van der Waals surface area (Å²) >= 11 is 0. The zero-order chi connectivity index (χ0) is 21.9. The van der Waals surface area contributed by atoms with Crippen molar-refractivity contribution in [3.63, 3.8) is 0 Å². The molecule has 33 heavy (non-hydrogen) atoms. The Balaban J connectivity index is 1.31. The van der Waals surface area contributed by atoms with Crippen molar-refractivity contribution >= 4 is 5.69 Å². The lowest BCUT2D eigenvalue weighted by Gasteiger charge is -2.26. The molecule has 2 saturated heterocycles. The predicted octanol–water partition coefficient (Wildman–Crippen LogP) is 3.58. The molecule has 0 bridgehead atoms. The van der Waals surface area contributed by atoms with Gasteiger partial charge < -0.3 is 14.8 Å². The van der Waals surface area contributed by atoms with Crippen LogP contribution in [0.1, 0.15) is 24.0 Å². The van der Waals surface area contributed by atoms with E-state index in [2.05, 4.69) is 66.1 Å². The molecule has 2 fully saturated rings. The third-order valence-corrected chi connectivity index (χ3v) is 7.41. The number of nitrogens with zero attached hydrogens (tertiary/aromatic N) is 6. The molecule has 2 aromatic heterocycles. The molecule has 0 radical (unpaired) electrons. The second kappa shape index (κ2) is 7.06. The van der Waals surface area contributed by atoms with E-state index in [4.69, 9.17) is 5.26 Å². The van der Waals surface area contributed by atoms with Crippen molar-refractivity contribution in [3.05, 3.63) is 72.2 Å². The molecule has 7 nitrogen and oxygen atoms in total. The maximum Gasteiger partial charge on any atom is 0.185 e. The summed E-state index contributed by atoms with van der Waals surface area (Å²) in [6, 6.07) is 20.2. The minimum absolute atomic E-state index is 0.601. The fraction of sp³-hybridized carbons (Fsp3) is 0.269. The van der Waals surface area contributed by atoms with Crippen LogP contribution in [0.25, 0.3) is 28.3 Å². The van der Waals surface area contributed by atoms with Gasteiger partial charge in [0.25, 0.3) is 0 Å². The summed E-state index contributed by atoms with van der Waals surface area (Å²) in [7, 11) is 0. The number of aromatic nitrogens is 4. The molecule has 2 atom stereocenters. The Hall–Kier alpha value is -3.89. The van der Waals surface area contributed by atoms with Gasteiger partial charge >= 0.3 is 0 Å². The van der Waals surface area contributed by atoms with Gasteiger partial charge in [0.05, 0.1) is 23.0 Å². The fourth-order valence-electron chi connectivity index (χ4n) is 5.79. The number of anilines is 1. The SMILES string of the molecule is N#Cc1ccc(-c2cc3n(c2)Cc2cc(N4CC[C@@H]5NCC[C@H]54)ccc2-n2cnnc2-3)cc1. The Morgan fingerprint density at radius 2 is 1.94 bits per heavy atom. The number of benzene rings is 2. The molecule has 4 aromatic rings. The first kappa shape index (κ1) is 18.7. The van der Waals surface area contributed by atoms with Crippen LogP contribution in [-0.4, -0.2) is 44.5 Å². The lowest BCUT2D eigenvalue weighted by molar-refractivity contribution is 0.601. The average Bonchev–Trinajstić information content (AvgIpc) is 3.62. The second-order valence-corrected chi connectivity index (χ2v) is 9.17. The second-order valence-electron chi connectivity index (χ2n) is 9.17. The molecule has 3 aliphatic rings. The van der Waals surface area contributed by atoms with Gasteiger partial charge in [0.2, 0.25) is 0 Å². The van der Waals surface area contributed by atoms with Crippen LogP contribution in [-0.2, 0) is 6.54 Å². The first-order valence-electron chi connectivity index (χ1n) is 11.5. The summed E-state index contributed by atoms with van der Waals surface area (Å²) in [4.78, 5) is 2.58. The van der Waals surface area contributed by atoms with Gasteiger partial charge in [-0.1, -0.05) is 12.1 Å². The molecule has 162 valence electrons. The van der Waals surface area contributed by atoms with Crippen LogP contribution in [0, 0.1) is 11.3 Å². The highest BCUT2D eigenvalue weighted by atomic mass is 15.3. The number of rotatable bonds is 2. The summed E-state index contributed by atoms with van der Waals surface area (Å²) < 4.78 is 4.37. The van der Waals surface area contributed by atoms with E-state index in [1.54, 1.807) is 0 Å². The maximum atomic E-state index is 9.11. The van der Waals surface area contributed by atoms with Gasteiger partial charge in [-0.05, 0) is 66.9 Å². The summed E-state index contributed by atoms with van der Waals surface area (Å²) in [6.07, 6.45) is 6.43. The van der Waals surface area contributed by atoms with Crippen LogP contribution in [0.4, 0.5) is 5.69 Å². The van der Waals surface area contributed by atoms with Crippen molar-refractivity contribution < 1.29 is 0 Å². The minimum Gasteiger partial charge on any atom is -0.367 e. The quantitative estimate of drug-likeness (QED) is 0.461. The van der Waals surface area contributed by atoms with E-state index < -0.39 is 0 Å². The highest BCUT2D eigenvalue weighted by Crippen LogP contribution is 2.37. The molecule has 2 aromatic carbocycles. The first-order valence-corrected chi connectivity index (χ1v) is 11.5. The van der Waals surface area contributed by atoms with Gasteiger partial charge in [-0.2, -0.15) is 5.26 Å². The number of fused-ring (bicyclic) bond motifs is 6. The Morgan fingerprint density at radius 3 is 2.82 bits per heavy atom. The van der Waals surface area contributed by atoms with Gasteiger partial charge in [0, 0.05) is 42.6 Å². The van der Waals surface area contributed by atoms with Crippen LogP contribution in [0.3, 0.4) is 0 Å². The Bertz CT molecular complexity index is 1410. The van der Waals surface area contributed by atoms with E-state index in [1.165, 1.54) is 24.1 Å². The molecule has 0 spiro atoms. The van der Waals surface area contributed by atoms with Gasteiger partial charge in [0.15, 0.2) is 5.82 Å². The molecule has 0 amide bonds. The monoisotopic (exact) mass is 433 g/mol. The predicted molar refractivity (Wildman–Crippen MR) is 126 cm³/mol. The summed E-state index contributed by atoms with van der Waals surface area (Å²) in [5, 5.41) is 21.5. The third-order valence-electron chi connectivity index (χ3n) is 7.41. The van der Waals surface area contributed by atoms with Gasteiger partial charge in [-0.3, -0.25) is 4.57 Å². The fourth-order valence-corrected chi connectivity index (χ4v) is 5.79. The van der Waals surface area contributed by atoms with Crippen LogP contribution in [0.2, 0.25) is 0 Å². The van der Waals surface area contributed by atoms with Gasteiger partial charge in [-0.15, -0.1) is 10.2 Å². The highest BCUT2D eigenvalue weighted by Gasteiger charge is 2.37. The topological polar surface area (TPSA) is 74.7 Å². The van der Waals surface area contributed by atoms with Crippen molar-refractivity contribution in [1.82, 2.24) is 24.6 Å². The van der Waals surface area contributed by atoms with Crippen molar-refractivity contribution in [2.24, 2.45) is 0 Å². The first-order chi connectivity index (χ1) is 16.3. The van der Waals surface area contributed by atoms with Crippen LogP contribution in [0.5, 0.6) is 0 Å². The molecule has 0 unspecified atom stereocenters. The molecule has 3 aliphatic heterocycles. The van der Waals surface area contributed by atoms with Crippen LogP contribution < -0.4 is 10.2 Å². The number of hydrogen-bond donors (Lipinski definition) is 1. The van der Waals surface area contributed by atoms with E-state index in [0.29, 0.717) is 17.6 Å². The molecule has 7 heteroatoms. The largest absolute Gasteiger partial charge is 0.367 e. The summed E-state index contributed by atoms with van der Waals surface area (Å²) in [5.74, 6) is 0.850. The van der Waals surface area contributed by atoms with Gasteiger partial charge in [-0.25, -0.2) is 0 Å². The van der Waals surface area contributed by atoms with Crippen molar-refractivity contribution in [1.29, 1.82) is 5.26 Å². The Labute approximate surface area is 191 Å². The lowest BCUT2D eigenvalue weighted by Crippen LogP contribution is -2.34. The Kier molecular flexibility index (Phi) is 3.99. The van der Waals surface area contributed by atoms with E-state index >= 15 is 0 Å². The van der Waals surface area contributed by atoms with Gasteiger partial charge in [0.1, 0.15) is 6.33 Å². The highest BCUT2D eigenvalue weighted by molar-refractivity contribution is 5.72. The molecule has 1 N–H and O–H groups in total. The summed E-state index contributed by atoms with van der Waals surface area (Å²) in [5.41, 5.74) is 7.64. The summed E-state index contributed by atoms with van der Waals surface area (Å²) in [6.45, 7) is 3.00. The minimum atomic E-state index is 0.601. The molecule has 5 heterocycles. The third kappa shape index (κ3) is 2.84. The zero-order valence-corrected chi connectivity index (χ0v) is 18.1. The number of nitrogens with one attached hydrogen (secondary N) is 1. The normalized spacial score (nSPS) is 20.5. The van der Waals surface area contributed by atoms with E-state index in [1.807, 2.05) is 30.6 Å². The number of hydrogen-bond acceptors (Lipinski definition) is 5. The lowest BCUT2D eigenvalue weighted by atomic mass is 10.1. The standard InChI is InChI=1S/C26H23N7/c27-13-17-1-3-18(4-2-17)19-12-25-26-30-29-16-33(26)23-6-5-21(11-20(23)15-31(25)14-19)32-10-8-22-24(32)7-9-28-22/h1-6,11-12,14,16,22,24,28H,7-10,15H2/t22-,24+/m0/s1. The zero-order valence-electron chi connectivity index (χ0n) is 18.1. The van der Waals surface area contributed by atoms with Crippen LogP contribution >= 0.6 is 0 Å². The number of nitriles is 1. The molecular formula is C26H23N7. The van der Waals surface area contributed by atoms with Crippen LogP contribution in [0.15, 0.2) is 61.1 Å². The van der Waals surface area contributed by atoms with Crippen molar-refractivity contribution in [2.45, 2.75) is 31.5 Å². The molecule has 0 saturated carbocycles. The molecule has 7 rings (SSSR count). The Morgan fingerprint density at radius 1 is 1.03 bits per heavy atom.